The molecule has 7 heteroatoms. The minimum atomic E-state index is -4.39. The van der Waals surface area contributed by atoms with E-state index in [0.29, 0.717) is 5.56 Å². The Morgan fingerprint density at radius 2 is 2.14 bits per heavy atom. The summed E-state index contributed by atoms with van der Waals surface area (Å²) in [5.41, 5.74) is 5.65. The van der Waals surface area contributed by atoms with Gasteiger partial charge in [-0.2, -0.15) is 18.3 Å². The quantitative estimate of drug-likeness (QED) is 0.799. The molecule has 4 nitrogen and oxygen atoms in total. The molecule has 0 aromatic carbocycles. The Hall–Kier alpha value is -1.37. The zero-order valence-electron chi connectivity index (χ0n) is 7.08. The SMILES string of the molecule is NCc1ccnnc1OCC(F)(F)F. The summed E-state index contributed by atoms with van der Waals surface area (Å²) in [6, 6.07) is 1.46. The number of alkyl halides is 3. The van der Waals surface area contributed by atoms with Crippen LogP contribution in [0.1, 0.15) is 5.56 Å². The van der Waals surface area contributed by atoms with Gasteiger partial charge in [0.15, 0.2) is 6.61 Å². The molecule has 0 fully saturated rings. The first-order chi connectivity index (χ1) is 6.53. The molecule has 1 aromatic rings. The third-order valence-corrected chi connectivity index (χ3v) is 1.36. The average Bonchev–Trinajstić information content (AvgIpc) is 2.14. The molecule has 14 heavy (non-hydrogen) atoms. The Kier molecular flexibility index (Phi) is 3.23. The molecule has 0 aliphatic heterocycles. The maximum absolute atomic E-state index is 11.8. The zero-order chi connectivity index (χ0) is 10.6. The van der Waals surface area contributed by atoms with Crippen LogP contribution in [0.4, 0.5) is 13.2 Å². The van der Waals surface area contributed by atoms with Gasteiger partial charge in [0.1, 0.15) is 0 Å². The fourth-order valence-electron chi connectivity index (χ4n) is 0.772. The van der Waals surface area contributed by atoms with Crippen molar-refractivity contribution in [1.82, 2.24) is 10.2 Å². The minimum Gasteiger partial charge on any atom is -0.467 e. The van der Waals surface area contributed by atoms with Crippen molar-refractivity contribution in [2.75, 3.05) is 6.61 Å². The molecule has 0 saturated carbocycles. The first kappa shape index (κ1) is 10.7. The molecule has 1 rings (SSSR count). The molecule has 0 spiro atoms. The molecule has 78 valence electrons. The van der Waals surface area contributed by atoms with Gasteiger partial charge in [-0.1, -0.05) is 0 Å². The summed E-state index contributed by atoms with van der Waals surface area (Å²) in [5, 5.41) is 6.80. The van der Waals surface area contributed by atoms with Crippen LogP contribution in [0.2, 0.25) is 0 Å². The molecular weight excluding hydrogens is 199 g/mol. The molecule has 0 aliphatic rings. The van der Waals surface area contributed by atoms with Gasteiger partial charge < -0.3 is 10.5 Å². The highest BCUT2D eigenvalue weighted by Crippen LogP contribution is 2.18. The Labute approximate surface area is 77.9 Å². The molecule has 0 bridgehead atoms. The number of nitrogens with zero attached hydrogens (tertiary/aromatic N) is 2. The van der Waals surface area contributed by atoms with Crippen molar-refractivity contribution in [3.05, 3.63) is 17.8 Å². The van der Waals surface area contributed by atoms with Crippen LogP contribution in [0.3, 0.4) is 0 Å². The second kappa shape index (κ2) is 4.23. The Morgan fingerprint density at radius 3 is 2.71 bits per heavy atom. The number of nitrogens with two attached hydrogens (primary N) is 1. The summed E-state index contributed by atoms with van der Waals surface area (Å²) in [4.78, 5) is 0. The molecule has 0 radical (unpaired) electrons. The van der Waals surface area contributed by atoms with E-state index in [1.165, 1.54) is 12.3 Å². The van der Waals surface area contributed by atoms with Crippen LogP contribution in [-0.2, 0) is 6.54 Å². The zero-order valence-corrected chi connectivity index (χ0v) is 7.08. The molecule has 2 N–H and O–H groups in total. The number of aromatic nitrogens is 2. The van der Waals surface area contributed by atoms with Crippen LogP contribution in [0.15, 0.2) is 12.3 Å². The fraction of sp³-hybridized carbons (Fsp3) is 0.429. The Morgan fingerprint density at radius 1 is 1.43 bits per heavy atom. The first-order valence-corrected chi connectivity index (χ1v) is 3.73. The molecule has 0 amide bonds. The topological polar surface area (TPSA) is 61.0 Å². The second-order valence-electron chi connectivity index (χ2n) is 2.47. The summed E-state index contributed by atoms with van der Waals surface area (Å²) in [6.45, 7) is -1.33. The number of hydrogen-bond donors (Lipinski definition) is 1. The van der Waals surface area contributed by atoms with Gasteiger partial charge in [-0.05, 0) is 6.07 Å². The highest BCUT2D eigenvalue weighted by molar-refractivity contribution is 5.22. The first-order valence-electron chi connectivity index (χ1n) is 3.73. The molecule has 0 aliphatic carbocycles. The van der Waals surface area contributed by atoms with Crippen LogP contribution >= 0.6 is 0 Å². The van der Waals surface area contributed by atoms with E-state index in [4.69, 9.17) is 5.73 Å². The van der Waals surface area contributed by atoms with Gasteiger partial charge >= 0.3 is 6.18 Å². The van der Waals surface area contributed by atoms with Crippen molar-refractivity contribution in [3.63, 3.8) is 0 Å². The van der Waals surface area contributed by atoms with Crippen molar-refractivity contribution < 1.29 is 17.9 Å². The van der Waals surface area contributed by atoms with E-state index in [2.05, 4.69) is 14.9 Å². The average molecular weight is 207 g/mol. The third kappa shape index (κ3) is 3.17. The lowest BCUT2D eigenvalue weighted by Gasteiger charge is -2.09. The lowest BCUT2D eigenvalue weighted by molar-refractivity contribution is -0.154. The van der Waals surface area contributed by atoms with E-state index < -0.39 is 12.8 Å². The van der Waals surface area contributed by atoms with E-state index in [0.717, 1.165) is 0 Å². The lowest BCUT2D eigenvalue weighted by Crippen LogP contribution is -2.20. The predicted molar refractivity (Wildman–Crippen MR) is 41.5 cm³/mol. The fourth-order valence-corrected chi connectivity index (χ4v) is 0.772. The van der Waals surface area contributed by atoms with Crippen molar-refractivity contribution in [2.24, 2.45) is 5.73 Å². The largest absolute Gasteiger partial charge is 0.467 e. The van der Waals surface area contributed by atoms with Gasteiger partial charge in [0.05, 0.1) is 6.20 Å². The van der Waals surface area contributed by atoms with Crippen LogP contribution in [0.25, 0.3) is 0 Å². The molecule has 1 aromatic heterocycles. The molecule has 0 saturated heterocycles. The highest BCUT2D eigenvalue weighted by Gasteiger charge is 2.29. The van der Waals surface area contributed by atoms with Gasteiger partial charge in [-0.15, -0.1) is 5.10 Å². The summed E-state index contributed by atoms with van der Waals surface area (Å²) in [7, 11) is 0. The van der Waals surface area contributed by atoms with Crippen molar-refractivity contribution >= 4 is 0 Å². The number of hydrogen-bond acceptors (Lipinski definition) is 4. The van der Waals surface area contributed by atoms with E-state index in [1.54, 1.807) is 0 Å². The van der Waals surface area contributed by atoms with Gasteiger partial charge in [0.25, 0.3) is 0 Å². The lowest BCUT2D eigenvalue weighted by atomic mass is 10.3. The van der Waals surface area contributed by atoms with Gasteiger partial charge in [-0.25, -0.2) is 0 Å². The second-order valence-corrected chi connectivity index (χ2v) is 2.47. The smallest absolute Gasteiger partial charge is 0.422 e. The molecule has 0 unspecified atom stereocenters. The van der Waals surface area contributed by atoms with Crippen LogP contribution in [-0.4, -0.2) is 23.0 Å². The number of rotatable bonds is 3. The maximum Gasteiger partial charge on any atom is 0.422 e. The normalized spacial score (nSPS) is 11.4. The van der Waals surface area contributed by atoms with Crippen molar-refractivity contribution in [1.29, 1.82) is 0 Å². The molecule has 1 heterocycles. The summed E-state index contributed by atoms with van der Waals surface area (Å²) in [5.74, 6) is -0.174. The summed E-state index contributed by atoms with van der Waals surface area (Å²) in [6.07, 6.45) is -3.05. The van der Waals surface area contributed by atoms with Gasteiger partial charge in [-0.3, -0.25) is 0 Å². The van der Waals surface area contributed by atoms with E-state index in [9.17, 15) is 13.2 Å². The standard InChI is InChI=1S/C7H8F3N3O/c8-7(9,10)4-14-6-5(3-11)1-2-12-13-6/h1-2H,3-4,11H2. The molecule has 0 atom stereocenters. The Balaban J connectivity index is 2.67. The van der Waals surface area contributed by atoms with E-state index in [-0.39, 0.29) is 12.4 Å². The maximum atomic E-state index is 11.8. The van der Waals surface area contributed by atoms with Crippen LogP contribution in [0.5, 0.6) is 5.88 Å². The third-order valence-electron chi connectivity index (χ3n) is 1.36. The van der Waals surface area contributed by atoms with Gasteiger partial charge in [0, 0.05) is 12.1 Å². The number of halogens is 3. The minimum absolute atomic E-state index is 0.0582. The predicted octanol–water partition coefficient (Wildman–Crippen LogP) is 0.876. The van der Waals surface area contributed by atoms with Crippen molar-refractivity contribution in [3.8, 4) is 5.88 Å². The van der Waals surface area contributed by atoms with E-state index in [1.807, 2.05) is 0 Å². The van der Waals surface area contributed by atoms with E-state index >= 15 is 0 Å². The number of ether oxygens (including phenoxy) is 1. The molecular formula is C7H8F3N3O. The van der Waals surface area contributed by atoms with Crippen molar-refractivity contribution in [2.45, 2.75) is 12.7 Å². The Bertz CT molecular complexity index is 302. The summed E-state index contributed by atoms with van der Waals surface area (Å²) < 4.78 is 39.7. The van der Waals surface area contributed by atoms with Crippen LogP contribution in [0, 0.1) is 0 Å². The summed E-state index contributed by atoms with van der Waals surface area (Å²) >= 11 is 0. The monoisotopic (exact) mass is 207 g/mol. The highest BCUT2D eigenvalue weighted by atomic mass is 19.4. The van der Waals surface area contributed by atoms with Gasteiger partial charge in [0.2, 0.25) is 5.88 Å². The van der Waals surface area contributed by atoms with Crippen LogP contribution < -0.4 is 10.5 Å².